The van der Waals surface area contributed by atoms with Gasteiger partial charge in [0.1, 0.15) is 29.3 Å². The Hall–Kier alpha value is -3.20. The maximum absolute atomic E-state index is 10.6. The van der Waals surface area contributed by atoms with Crippen LogP contribution in [0.1, 0.15) is 0 Å². The largest absolute Gasteiger partial charge is 0.506 e. The zero-order chi connectivity index (χ0) is 19.6. The van der Waals surface area contributed by atoms with Crippen LogP contribution in [0, 0.1) is 0 Å². The van der Waals surface area contributed by atoms with Crippen molar-refractivity contribution in [3.63, 3.8) is 0 Å². The highest BCUT2D eigenvalue weighted by Crippen LogP contribution is 2.54. The summed E-state index contributed by atoms with van der Waals surface area (Å²) in [6, 6.07) is 8.44. The lowest BCUT2D eigenvalue weighted by Crippen LogP contribution is -2.06. The highest BCUT2D eigenvalue weighted by Gasteiger charge is 2.30. The molecule has 0 atom stereocenters. The average molecular weight is 428 g/mol. The van der Waals surface area contributed by atoms with Crippen molar-refractivity contribution in [2.24, 2.45) is 0 Å². The first kappa shape index (κ1) is 17.2. The van der Waals surface area contributed by atoms with Gasteiger partial charge in [-0.05, 0) is 33.5 Å². The van der Waals surface area contributed by atoms with Crippen molar-refractivity contribution < 1.29 is 30.6 Å². The van der Waals surface area contributed by atoms with E-state index in [1.54, 1.807) is 30.3 Å². The Balaban J connectivity index is 2.45. The first-order chi connectivity index (χ1) is 12.8. The summed E-state index contributed by atoms with van der Waals surface area (Å²) in [7, 11) is 5.70. The molecular weight excluding hydrogens is 417 g/mol. The Kier molecular flexibility index (Phi) is 3.61. The first-order valence-electron chi connectivity index (χ1n) is 7.65. The molecule has 0 saturated carbocycles. The van der Waals surface area contributed by atoms with Crippen LogP contribution in [0.4, 0.5) is 0 Å². The number of phenolic OH excluding ortho intramolecular Hbond substituents is 6. The fraction of sp³-hybridized carbons (Fsp3) is 0. The monoisotopic (exact) mass is 427 g/mol. The molecule has 0 amide bonds. The minimum Gasteiger partial charge on any atom is -0.506 e. The molecule has 134 valence electrons. The minimum absolute atomic E-state index is 0.0629. The summed E-state index contributed by atoms with van der Waals surface area (Å²) in [6.07, 6.45) is 0. The van der Waals surface area contributed by atoms with Crippen molar-refractivity contribution in [3.05, 3.63) is 34.8 Å². The number of rotatable bonds is 1. The Morgan fingerprint density at radius 3 is 1.85 bits per heavy atom. The second-order valence-corrected chi connectivity index (χ2v) is 6.73. The van der Waals surface area contributed by atoms with Gasteiger partial charge in [-0.15, -0.1) is 0 Å². The number of aromatic hydroxyl groups is 6. The Morgan fingerprint density at radius 1 is 0.667 bits per heavy atom. The lowest BCUT2D eigenvalue weighted by molar-refractivity contribution is 0.397. The lowest BCUT2D eigenvalue weighted by atomic mass is 9.91. The van der Waals surface area contributed by atoms with Crippen molar-refractivity contribution in [3.8, 4) is 40.2 Å². The van der Waals surface area contributed by atoms with E-state index in [0.717, 1.165) is 0 Å². The van der Waals surface area contributed by atoms with Gasteiger partial charge in [0.05, 0.1) is 16.3 Å². The number of halogens is 1. The van der Waals surface area contributed by atoms with Crippen LogP contribution in [0.15, 0.2) is 34.8 Å². The number of nitrogens with zero attached hydrogens (tertiary/aromatic N) is 1. The van der Waals surface area contributed by atoms with E-state index >= 15 is 0 Å². The Bertz CT molecular complexity index is 1180. The lowest BCUT2D eigenvalue weighted by Gasteiger charge is -2.12. The van der Waals surface area contributed by atoms with E-state index in [9.17, 15) is 30.6 Å². The molecule has 3 aromatic carbocycles. The first-order valence-corrected chi connectivity index (χ1v) is 8.44. The van der Waals surface area contributed by atoms with E-state index in [2.05, 4.69) is 15.9 Å². The number of para-hydroxylation sites is 1. The van der Waals surface area contributed by atoms with Crippen LogP contribution in [-0.4, -0.2) is 43.1 Å². The number of benzene rings is 3. The zero-order valence-corrected chi connectivity index (χ0v) is 15.1. The van der Waals surface area contributed by atoms with E-state index < -0.39 is 40.0 Å². The Morgan fingerprint density at radius 2 is 1.22 bits per heavy atom. The second-order valence-electron chi connectivity index (χ2n) is 5.94. The fourth-order valence-corrected chi connectivity index (χ4v) is 3.63. The van der Waals surface area contributed by atoms with Crippen LogP contribution in [0.5, 0.6) is 34.5 Å². The molecule has 6 N–H and O–H groups in total. The summed E-state index contributed by atoms with van der Waals surface area (Å²) in [5.41, 5.74) is -0.187. The SMILES string of the molecule is [B]c1c(O)c(O)c2c3c(O)c(Br)c(O)c(O)c3n(-c3ccccc3)c2c1O. The zero-order valence-electron chi connectivity index (χ0n) is 13.5. The van der Waals surface area contributed by atoms with Crippen molar-refractivity contribution in [1.29, 1.82) is 0 Å². The summed E-state index contributed by atoms with van der Waals surface area (Å²) in [5, 5.41) is 62.1. The molecule has 0 spiro atoms. The molecule has 1 heterocycles. The predicted molar refractivity (Wildman–Crippen MR) is 104 cm³/mol. The van der Waals surface area contributed by atoms with Gasteiger partial charge < -0.3 is 35.2 Å². The van der Waals surface area contributed by atoms with Crippen LogP contribution < -0.4 is 5.46 Å². The summed E-state index contributed by atoms with van der Waals surface area (Å²) >= 11 is 2.98. The molecular formula is C18H11BBrNO6. The molecule has 9 heteroatoms. The highest BCUT2D eigenvalue weighted by atomic mass is 79.9. The van der Waals surface area contributed by atoms with Gasteiger partial charge >= 0.3 is 0 Å². The third kappa shape index (κ3) is 2.09. The molecule has 0 saturated heterocycles. The molecule has 1 aromatic heterocycles. The van der Waals surface area contributed by atoms with Crippen LogP contribution in [0.25, 0.3) is 27.5 Å². The van der Waals surface area contributed by atoms with Crippen molar-refractivity contribution in [2.75, 3.05) is 0 Å². The van der Waals surface area contributed by atoms with E-state index in [4.69, 9.17) is 7.85 Å². The van der Waals surface area contributed by atoms with Crippen LogP contribution >= 0.6 is 15.9 Å². The normalized spacial score (nSPS) is 11.4. The molecule has 0 fully saturated rings. The van der Waals surface area contributed by atoms with Gasteiger partial charge in [0, 0.05) is 5.69 Å². The standard InChI is InChI=1S/C18H11BBrNO6/c19-9-15(24)11-8(14(23)16(9)25)7-12(18(27)17(26)10(20)13(7)22)21(11)6-4-2-1-3-5-6/h1-5,22-27H. The van der Waals surface area contributed by atoms with Crippen LogP contribution in [0.2, 0.25) is 0 Å². The molecule has 0 aliphatic heterocycles. The second kappa shape index (κ2) is 5.65. The molecule has 2 radical (unpaired) electrons. The number of aromatic nitrogens is 1. The molecule has 0 unspecified atom stereocenters. The third-order valence-electron chi connectivity index (χ3n) is 4.48. The van der Waals surface area contributed by atoms with Gasteiger partial charge in [0.15, 0.2) is 23.0 Å². The van der Waals surface area contributed by atoms with Crippen molar-refractivity contribution in [1.82, 2.24) is 4.57 Å². The smallest absolute Gasteiger partial charge is 0.184 e. The molecule has 0 aliphatic rings. The molecule has 0 bridgehead atoms. The van der Waals surface area contributed by atoms with Crippen molar-refractivity contribution in [2.45, 2.75) is 0 Å². The van der Waals surface area contributed by atoms with Gasteiger partial charge in [-0.25, -0.2) is 0 Å². The number of hydrogen-bond acceptors (Lipinski definition) is 6. The topological polar surface area (TPSA) is 126 Å². The summed E-state index contributed by atoms with van der Waals surface area (Å²) in [5.74, 6) is -3.75. The number of phenols is 6. The third-order valence-corrected chi connectivity index (χ3v) is 5.23. The Labute approximate surface area is 161 Å². The predicted octanol–water partition coefficient (Wildman–Crippen LogP) is 2.57. The molecule has 4 rings (SSSR count). The minimum atomic E-state index is -0.768. The van der Waals surface area contributed by atoms with Gasteiger partial charge in [0.25, 0.3) is 0 Å². The number of hydrogen-bond donors (Lipinski definition) is 6. The summed E-state index contributed by atoms with van der Waals surface area (Å²) in [6.45, 7) is 0. The van der Waals surface area contributed by atoms with Crippen LogP contribution in [-0.2, 0) is 0 Å². The van der Waals surface area contributed by atoms with Gasteiger partial charge in [-0.3, -0.25) is 0 Å². The van der Waals surface area contributed by atoms with Crippen LogP contribution in [0.3, 0.4) is 0 Å². The molecule has 7 nitrogen and oxygen atoms in total. The summed E-state index contributed by atoms with van der Waals surface area (Å²) in [4.78, 5) is 0. The van der Waals surface area contributed by atoms with E-state index in [0.29, 0.717) is 5.69 Å². The summed E-state index contributed by atoms with van der Waals surface area (Å²) < 4.78 is 1.10. The van der Waals surface area contributed by atoms with E-state index in [1.165, 1.54) is 4.57 Å². The molecule has 27 heavy (non-hydrogen) atoms. The van der Waals surface area contributed by atoms with Crippen molar-refractivity contribution >= 4 is 51.0 Å². The van der Waals surface area contributed by atoms with E-state index in [1.807, 2.05) is 0 Å². The maximum atomic E-state index is 10.6. The molecule has 4 aromatic rings. The van der Waals surface area contributed by atoms with Gasteiger partial charge in [0.2, 0.25) is 0 Å². The van der Waals surface area contributed by atoms with Gasteiger partial charge in [-0.1, -0.05) is 18.2 Å². The fourth-order valence-electron chi connectivity index (χ4n) is 3.24. The quantitative estimate of drug-likeness (QED) is 0.157. The van der Waals surface area contributed by atoms with E-state index in [-0.39, 0.29) is 26.3 Å². The molecule has 0 aliphatic carbocycles. The number of fused-ring (bicyclic) bond motifs is 3. The maximum Gasteiger partial charge on any atom is 0.184 e. The average Bonchev–Trinajstić information content (AvgIpc) is 3.04. The highest BCUT2D eigenvalue weighted by molar-refractivity contribution is 9.10. The van der Waals surface area contributed by atoms with Gasteiger partial charge in [-0.2, -0.15) is 0 Å².